The van der Waals surface area contributed by atoms with Crippen molar-refractivity contribution in [3.8, 4) is 0 Å². The molecular formula is C5H6AgO4. The molecule has 0 saturated carbocycles. The number of carboxylic acid groups (broad SMARTS) is 1. The third kappa shape index (κ3) is 7.42. The monoisotopic (exact) mass is 237 g/mol. The smallest absolute Gasteiger partial charge is 0.330 e. The molecule has 0 unspecified atom stereocenters. The molecule has 0 aliphatic rings. The molecule has 10 heavy (non-hydrogen) atoms. The predicted octanol–water partition coefficient (Wildman–Crippen LogP) is -0.202. The van der Waals surface area contributed by atoms with Crippen LogP contribution >= 0.6 is 0 Å². The SMILES string of the molecule is COC(=O)C=CC(=O)O.[Ag]. The first-order valence-corrected chi connectivity index (χ1v) is 2.15. The van der Waals surface area contributed by atoms with Crippen molar-refractivity contribution in [3.63, 3.8) is 0 Å². The number of esters is 1. The van der Waals surface area contributed by atoms with Crippen molar-refractivity contribution >= 4 is 11.9 Å². The van der Waals surface area contributed by atoms with Gasteiger partial charge in [-0.15, -0.1) is 0 Å². The maximum Gasteiger partial charge on any atom is 0.330 e. The van der Waals surface area contributed by atoms with E-state index in [1.165, 1.54) is 7.11 Å². The van der Waals surface area contributed by atoms with Crippen molar-refractivity contribution in [1.82, 2.24) is 0 Å². The van der Waals surface area contributed by atoms with Crippen molar-refractivity contribution in [3.05, 3.63) is 12.2 Å². The van der Waals surface area contributed by atoms with Crippen LogP contribution in [0, 0.1) is 0 Å². The summed E-state index contributed by atoms with van der Waals surface area (Å²) in [6.45, 7) is 0. The number of rotatable bonds is 2. The number of carbonyl (C=O) groups is 2. The van der Waals surface area contributed by atoms with E-state index < -0.39 is 11.9 Å². The van der Waals surface area contributed by atoms with Crippen LogP contribution in [0.2, 0.25) is 0 Å². The molecule has 0 aliphatic heterocycles. The average Bonchev–Trinajstić information content (AvgIpc) is 1.83. The van der Waals surface area contributed by atoms with E-state index in [9.17, 15) is 9.59 Å². The van der Waals surface area contributed by atoms with Crippen molar-refractivity contribution in [2.24, 2.45) is 0 Å². The van der Waals surface area contributed by atoms with E-state index in [-0.39, 0.29) is 22.4 Å². The maximum atomic E-state index is 10.1. The summed E-state index contributed by atoms with van der Waals surface area (Å²) in [5, 5.41) is 7.96. The van der Waals surface area contributed by atoms with Gasteiger partial charge < -0.3 is 9.84 Å². The van der Waals surface area contributed by atoms with E-state index in [2.05, 4.69) is 4.74 Å². The number of aliphatic carboxylic acids is 1. The molecule has 0 atom stereocenters. The fourth-order valence-electron chi connectivity index (χ4n) is 0.207. The zero-order valence-corrected chi connectivity index (χ0v) is 6.61. The quantitative estimate of drug-likeness (QED) is 0.411. The summed E-state index contributed by atoms with van der Waals surface area (Å²) in [6, 6.07) is 0. The van der Waals surface area contributed by atoms with E-state index in [0.29, 0.717) is 6.08 Å². The van der Waals surface area contributed by atoms with Gasteiger partial charge in [0.1, 0.15) is 0 Å². The van der Waals surface area contributed by atoms with E-state index >= 15 is 0 Å². The summed E-state index contributed by atoms with van der Waals surface area (Å²) in [7, 11) is 1.18. The molecule has 0 aliphatic carbocycles. The van der Waals surface area contributed by atoms with Crippen LogP contribution in [0.5, 0.6) is 0 Å². The van der Waals surface area contributed by atoms with Crippen LogP contribution in [-0.2, 0) is 36.7 Å². The van der Waals surface area contributed by atoms with Gasteiger partial charge >= 0.3 is 11.9 Å². The van der Waals surface area contributed by atoms with Gasteiger partial charge in [0.05, 0.1) is 7.11 Å². The van der Waals surface area contributed by atoms with Crippen molar-refractivity contribution in [2.45, 2.75) is 0 Å². The second-order valence-electron chi connectivity index (χ2n) is 1.19. The normalized spacial score (nSPS) is 8.50. The molecule has 0 spiro atoms. The molecule has 0 heterocycles. The first-order chi connectivity index (χ1) is 4.16. The third-order valence-electron chi connectivity index (χ3n) is 0.563. The molecule has 0 rings (SSSR count). The molecule has 0 saturated heterocycles. The van der Waals surface area contributed by atoms with Crippen molar-refractivity contribution < 1.29 is 41.8 Å². The Hall–Kier alpha value is -0.580. The summed E-state index contributed by atoms with van der Waals surface area (Å²) in [4.78, 5) is 19.9. The summed E-state index contributed by atoms with van der Waals surface area (Å²) < 4.78 is 4.11. The Labute approximate surface area is 73.4 Å². The molecule has 0 bridgehead atoms. The Balaban J connectivity index is 0. The van der Waals surface area contributed by atoms with Gasteiger partial charge in [-0.3, -0.25) is 0 Å². The van der Waals surface area contributed by atoms with Crippen LogP contribution in [0.3, 0.4) is 0 Å². The number of hydrogen-bond donors (Lipinski definition) is 1. The number of methoxy groups -OCH3 is 1. The van der Waals surface area contributed by atoms with Crippen molar-refractivity contribution in [2.75, 3.05) is 7.11 Å². The summed E-state index contributed by atoms with van der Waals surface area (Å²) >= 11 is 0. The minimum Gasteiger partial charge on any atom is -0.478 e. The molecule has 0 aromatic carbocycles. The Bertz CT molecular complexity index is 152. The van der Waals surface area contributed by atoms with Crippen molar-refractivity contribution in [1.29, 1.82) is 0 Å². The molecular weight excluding hydrogens is 232 g/mol. The molecule has 0 amide bonds. The van der Waals surface area contributed by atoms with E-state index in [0.717, 1.165) is 6.08 Å². The fraction of sp³-hybridized carbons (Fsp3) is 0.200. The Morgan fingerprint density at radius 1 is 1.40 bits per heavy atom. The Morgan fingerprint density at radius 3 is 2.20 bits per heavy atom. The molecule has 61 valence electrons. The first kappa shape index (κ1) is 12.1. The minimum absolute atomic E-state index is 0. The third-order valence-corrected chi connectivity index (χ3v) is 0.563. The van der Waals surface area contributed by atoms with Crippen LogP contribution in [0.4, 0.5) is 0 Å². The number of hydrogen-bond acceptors (Lipinski definition) is 3. The number of ether oxygens (including phenoxy) is 1. The van der Waals surface area contributed by atoms with Crippen LogP contribution in [0.1, 0.15) is 0 Å². The van der Waals surface area contributed by atoms with Gasteiger partial charge in [0, 0.05) is 34.5 Å². The number of carbonyl (C=O) groups excluding carboxylic acids is 1. The van der Waals surface area contributed by atoms with Gasteiger partial charge in [-0.05, 0) is 0 Å². The summed E-state index contributed by atoms with van der Waals surface area (Å²) in [6.07, 6.45) is 1.55. The second kappa shape index (κ2) is 6.54. The van der Waals surface area contributed by atoms with E-state index in [1.807, 2.05) is 0 Å². The molecule has 0 fully saturated rings. The molecule has 0 aromatic heterocycles. The van der Waals surface area contributed by atoms with E-state index in [4.69, 9.17) is 5.11 Å². The standard InChI is InChI=1S/C5H6O4.Ag/c1-9-5(8)3-2-4(6)7;/h2-3H,1H3,(H,6,7);. The summed E-state index contributed by atoms with van der Waals surface area (Å²) in [5.74, 6) is -1.84. The molecule has 0 aromatic rings. The molecule has 1 N–H and O–H groups in total. The van der Waals surface area contributed by atoms with Gasteiger partial charge in [0.25, 0.3) is 0 Å². The Morgan fingerprint density at radius 2 is 1.90 bits per heavy atom. The molecule has 5 heteroatoms. The largest absolute Gasteiger partial charge is 0.478 e. The van der Waals surface area contributed by atoms with Gasteiger partial charge in [0.15, 0.2) is 0 Å². The van der Waals surface area contributed by atoms with Gasteiger partial charge in [-0.1, -0.05) is 0 Å². The van der Waals surface area contributed by atoms with Crippen LogP contribution in [0.25, 0.3) is 0 Å². The van der Waals surface area contributed by atoms with E-state index in [1.54, 1.807) is 0 Å². The second-order valence-corrected chi connectivity index (χ2v) is 1.19. The molecule has 4 nitrogen and oxygen atoms in total. The molecule has 1 radical (unpaired) electrons. The van der Waals surface area contributed by atoms with Crippen LogP contribution in [-0.4, -0.2) is 24.2 Å². The topological polar surface area (TPSA) is 63.6 Å². The van der Waals surface area contributed by atoms with Gasteiger partial charge in [-0.2, -0.15) is 0 Å². The average molecular weight is 238 g/mol. The zero-order chi connectivity index (χ0) is 7.28. The number of carboxylic acids is 1. The summed E-state index contributed by atoms with van der Waals surface area (Å²) in [5.41, 5.74) is 0. The van der Waals surface area contributed by atoms with Crippen LogP contribution in [0.15, 0.2) is 12.2 Å². The fourth-order valence-corrected chi connectivity index (χ4v) is 0.207. The predicted molar refractivity (Wildman–Crippen MR) is 28.8 cm³/mol. The zero-order valence-electron chi connectivity index (χ0n) is 5.13. The maximum absolute atomic E-state index is 10.1. The van der Waals surface area contributed by atoms with Gasteiger partial charge in [-0.25, -0.2) is 9.59 Å². The van der Waals surface area contributed by atoms with Crippen LogP contribution < -0.4 is 0 Å². The Kier molecular flexibility index (Phi) is 7.93. The minimum atomic E-state index is -1.17. The van der Waals surface area contributed by atoms with Gasteiger partial charge in [0.2, 0.25) is 0 Å². The first-order valence-electron chi connectivity index (χ1n) is 2.15.